The van der Waals surface area contributed by atoms with E-state index in [4.69, 9.17) is 11.6 Å². The van der Waals surface area contributed by atoms with E-state index in [0.29, 0.717) is 6.54 Å². The molecular weight excluding hydrogens is 356 g/mol. The van der Waals surface area contributed by atoms with Crippen molar-refractivity contribution in [3.8, 4) is 0 Å². The van der Waals surface area contributed by atoms with E-state index < -0.39 is 10.8 Å². The summed E-state index contributed by atoms with van der Waals surface area (Å²) in [7, 11) is 0. The lowest BCUT2D eigenvalue weighted by molar-refractivity contribution is -0.384. The molecule has 7 nitrogen and oxygen atoms in total. The van der Waals surface area contributed by atoms with E-state index in [9.17, 15) is 14.9 Å². The molecule has 0 aliphatic rings. The fraction of sp³-hybridized carbons (Fsp3) is 0.111. The Morgan fingerprint density at radius 3 is 2.58 bits per heavy atom. The minimum Gasteiger partial charge on any atom is -0.348 e. The van der Waals surface area contributed by atoms with Crippen molar-refractivity contribution in [3.63, 3.8) is 0 Å². The smallest absolute Gasteiger partial charge is 0.270 e. The lowest BCUT2D eigenvalue weighted by Crippen LogP contribution is -2.23. The molecule has 0 aliphatic carbocycles. The van der Waals surface area contributed by atoms with Gasteiger partial charge in [-0.2, -0.15) is 0 Å². The number of nitro groups is 1. The molecule has 132 valence electrons. The summed E-state index contributed by atoms with van der Waals surface area (Å²) >= 11 is 5.98. The van der Waals surface area contributed by atoms with Crippen LogP contribution in [0.3, 0.4) is 0 Å². The van der Waals surface area contributed by atoms with Gasteiger partial charge in [0.15, 0.2) is 0 Å². The zero-order valence-corrected chi connectivity index (χ0v) is 14.4. The molecule has 2 aromatic carbocycles. The maximum Gasteiger partial charge on any atom is 0.270 e. The number of carbonyl (C=O) groups excluding carboxylic acids is 1. The van der Waals surface area contributed by atoms with Crippen molar-refractivity contribution in [1.82, 2.24) is 14.9 Å². The molecule has 0 saturated carbocycles. The number of nitro benzene ring substituents is 1. The van der Waals surface area contributed by atoms with E-state index in [2.05, 4.69) is 10.3 Å². The van der Waals surface area contributed by atoms with Gasteiger partial charge in [-0.15, -0.1) is 0 Å². The van der Waals surface area contributed by atoms with Crippen LogP contribution < -0.4 is 5.32 Å². The molecule has 1 heterocycles. The first-order valence-corrected chi connectivity index (χ1v) is 8.16. The van der Waals surface area contributed by atoms with Gasteiger partial charge in [-0.3, -0.25) is 14.9 Å². The van der Waals surface area contributed by atoms with Crippen LogP contribution in [0.4, 0.5) is 5.69 Å². The van der Waals surface area contributed by atoms with Crippen molar-refractivity contribution in [2.24, 2.45) is 0 Å². The summed E-state index contributed by atoms with van der Waals surface area (Å²) in [6.45, 7) is 1.01. The molecule has 0 saturated heterocycles. The van der Waals surface area contributed by atoms with Crippen molar-refractivity contribution in [1.29, 1.82) is 0 Å². The Morgan fingerprint density at radius 2 is 1.92 bits per heavy atom. The largest absolute Gasteiger partial charge is 0.348 e. The first-order chi connectivity index (χ1) is 12.5. The number of halogens is 1. The lowest BCUT2D eigenvalue weighted by Gasteiger charge is -2.08. The van der Waals surface area contributed by atoms with Crippen LogP contribution in [-0.4, -0.2) is 20.4 Å². The lowest BCUT2D eigenvalue weighted by atomic mass is 10.1. The van der Waals surface area contributed by atoms with E-state index >= 15 is 0 Å². The standard InChI is InChI=1S/C18H15ClN4O3/c19-17-6-5-15(23(25)26)9-16(17)18(24)21-10-13-1-3-14(4-2-13)11-22-8-7-20-12-22/h1-9,12H,10-11H2,(H,21,24). The first-order valence-electron chi connectivity index (χ1n) is 7.78. The van der Waals surface area contributed by atoms with Crippen LogP contribution in [-0.2, 0) is 13.1 Å². The van der Waals surface area contributed by atoms with Crippen molar-refractivity contribution < 1.29 is 9.72 Å². The highest BCUT2D eigenvalue weighted by atomic mass is 35.5. The third-order valence-electron chi connectivity index (χ3n) is 3.81. The van der Waals surface area contributed by atoms with Crippen LogP contribution in [0.5, 0.6) is 0 Å². The number of hydrogen-bond donors (Lipinski definition) is 1. The Kier molecular flexibility index (Phi) is 5.28. The van der Waals surface area contributed by atoms with E-state index in [1.165, 1.54) is 18.2 Å². The Hall–Kier alpha value is -3.19. The molecule has 0 spiro atoms. The Morgan fingerprint density at radius 1 is 1.19 bits per heavy atom. The molecule has 0 bridgehead atoms. The number of rotatable bonds is 6. The quantitative estimate of drug-likeness (QED) is 0.531. The fourth-order valence-corrected chi connectivity index (χ4v) is 2.64. The highest BCUT2D eigenvalue weighted by molar-refractivity contribution is 6.33. The van der Waals surface area contributed by atoms with Crippen molar-refractivity contribution in [2.45, 2.75) is 13.1 Å². The molecule has 0 unspecified atom stereocenters. The predicted octanol–water partition coefficient (Wildman–Crippen LogP) is 3.42. The summed E-state index contributed by atoms with van der Waals surface area (Å²) in [5, 5.41) is 13.7. The second-order valence-corrected chi connectivity index (χ2v) is 6.06. The average Bonchev–Trinajstić information content (AvgIpc) is 3.14. The number of amides is 1. The SMILES string of the molecule is O=C(NCc1ccc(Cn2ccnc2)cc1)c1cc([N+](=O)[O-])ccc1Cl. The third kappa shape index (κ3) is 4.25. The molecule has 26 heavy (non-hydrogen) atoms. The van der Waals surface area contributed by atoms with E-state index in [0.717, 1.165) is 17.7 Å². The van der Waals surface area contributed by atoms with E-state index in [1.807, 2.05) is 35.0 Å². The van der Waals surface area contributed by atoms with Crippen LogP contribution in [0.25, 0.3) is 0 Å². The van der Waals surface area contributed by atoms with Crippen molar-refractivity contribution >= 4 is 23.2 Å². The maximum absolute atomic E-state index is 12.3. The number of hydrogen-bond acceptors (Lipinski definition) is 4. The summed E-state index contributed by atoms with van der Waals surface area (Å²) in [4.78, 5) is 26.5. The highest BCUT2D eigenvalue weighted by Crippen LogP contribution is 2.22. The minimum atomic E-state index is -0.563. The monoisotopic (exact) mass is 370 g/mol. The van der Waals surface area contributed by atoms with Gasteiger partial charge < -0.3 is 9.88 Å². The number of imidazole rings is 1. The van der Waals surface area contributed by atoms with Gasteiger partial charge in [-0.25, -0.2) is 4.98 Å². The molecular formula is C18H15ClN4O3. The number of aromatic nitrogens is 2. The van der Waals surface area contributed by atoms with Gasteiger partial charge in [0, 0.05) is 37.6 Å². The van der Waals surface area contributed by atoms with Gasteiger partial charge in [-0.05, 0) is 17.2 Å². The summed E-state index contributed by atoms with van der Waals surface area (Å²) in [6.07, 6.45) is 5.36. The predicted molar refractivity (Wildman–Crippen MR) is 97.0 cm³/mol. The van der Waals surface area contributed by atoms with Crippen LogP contribution >= 0.6 is 11.6 Å². The first kappa shape index (κ1) is 17.6. The van der Waals surface area contributed by atoms with Gasteiger partial charge in [0.1, 0.15) is 0 Å². The molecule has 0 atom stereocenters. The minimum absolute atomic E-state index is 0.0811. The normalized spacial score (nSPS) is 10.5. The number of benzene rings is 2. The van der Waals surface area contributed by atoms with E-state index in [-0.39, 0.29) is 16.3 Å². The molecule has 1 N–H and O–H groups in total. The third-order valence-corrected chi connectivity index (χ3v) is 4.14. The average molecular weight is 371 g/mol. The van der Waals surface area contributed by atoms with E-state index in [1.54, 1.807) is 12.5 Å². The summed E-state index contributed by atoms with van der Waals surface area (Å²) < 4.78 is 1.96. The number of nitrogens with zero attached hydrogens (tertiary/aromatic N) is 3. The topological polar surface area (TPSA) is 90.1 Å². The van der Waals surface area contributed by atoms with Crippen molar-refractivity contribution in [3.05, 3.63) is 93.0 Å². The van der Waals surface area contributed by atoms with Crippen LogP contribution in [0.1, 0.15) is 21.5 Å². The molecule has 0 radical (unpaired) electrons. The second-order valence-electron chi connectivity index (χ2n) is 5.66. The molecule has 0 fully saturated rings. The second kappa shape index (κ2) is 7.79. The van der Waals surface area contributed by atoms with Crippen molar-refractivity contribution in [2.75, 3.05) is 0 Å². The molecule has 3 aromatic rings. The summed E-state index contributed by atoms with van der Waals surface area (Å²) in [5.74, 6) is -0.457. The Balaban J connectivity index is 1.62. The molecule has 3 rings (SSSR count). The van der Waals surface area contributed by atoms with Gasteiger partial charge in [-0.1, -0.05) is 35.9 Å². The Labute approximate surface area is 154 Å². The number of non-ortho nitro benzene ring substituents is 1. The summed E-state index contributed by atoms with van der Waals surface area (Å²) in [6, 6.07) is 11.6. The van der Waals surface area contributed by atoms with Gasteiger partial charge >= 0.3 is 0 Å². The molecule has 8 heteroatoms. The number of nitrogens with one attached hydrogen (secondary N) is 1. The molecule has 1 aromatic heterocycles. The van der Waals surface area contributed by atoms with Gasteiger partial charge in [0.05, 0.1) is 21.8 Å². The Bertz CT molecular complexity index is 924. The summed E-state index contributed by atoms with van der Waals surface area (Å²) in [5.41, 5.74) is 1.93. The van der Waals surface area contributed by atoms with Crippen LogP contribution in [0.15, 0.2) is 61.2 Å². The van der Waals surface area contributed by atoms with Crippen LogP contribution in [0, 0.1) is 10.1 Å². The van der Waals surface area contributed by atoms with Crippen LogP contribution in [0.2, 0.25) is 5.02 Å². The zero-order valence-electron chi connectivity index (χ0n) is 13.6. The zero-order chi connectivity index (χ0) is 18.5. The maximum atomic E-state index is 12.3. The number of carbonyl (C=O) groups is 1. The van der Waals surface area contributed by atoms with Gasteiger partial charge in [0.25, 0.3) is 11.6 Å². The fourth-order valence-electron chi connectivity index (χ4n) is 2.43. The molecule has 1 amide bonds. The van der Waals surface area contributed by atoms with Gasteiger partial charge in [0.2, 0.25) is 0 Å². The molecule has 0 aliphatic heterocycles. The highest BCUT2D eigenvalue weighted by Gasteiger charge is 2.15.